The lowest BCUT2D eigenvalue weighted by atomic mass is 9.94. The van der Waals surface area contributed by atoms with Crippen molar-refractivity contribution in [3.8, 4) is 0 Å². The maximum absolute atomic E-state index is 6.18. The van der Waals surface area contributed by atoms with Crippen LogP contribution in [0.15, 0.2) is 12.1 Å². The minimum atomic E-state index is 0.559. The van der Waals surface area contributed by atoms with E-state index in [2.05, 4.69) is 17.3 Å². The predicted octanol–water partition coefficient (Wildman–Crippen LogP) is 4.47. The maximum atomic E-state index is 6.18. The van der Waals surface area contributed by atoms with Gasteiger partial charge in [-0.05, 0) is 64.0 Å². The van der Waals surface area contributed by atoms with Gasteiger partial charge in [-0.2, -0.15) is 0 Å². The Morgan fingerprint density at radius 1 is 1.15 bits per heavy atom. The number of halogens is 3. The van der Waals surface area contributed by atoms with E-state index in [1.54, 1.807) is 12.1 Å². The van der Waals surface area contributed by atoms with Crippen LogP contribution in [-0.4, -0.2) is 31.6 Å². The summed E-state index contributed by atoms with van der Waals surface area (Å²) < 4.78 is 0. The summed E-state index contributed by atoms with van der Waals surface area (Å²) in [5, 5.41) is 5.22. The van der Waals surface area contributed by atoms with Crippen LogP contribution in [0, 0.1) is 5.92 Å². The van der Waals surface area contributed by atoms with Crippen LogP contribution in [0.5, 0.6) is 0 Å². The van der Waals surface area contributed by atoms with Gasteiger partial charge in [-0.25, -0.2) is 0 Å². The summed E-state index contributed by atoms with van der Waals surface area (Å²) in [5.74, 6) is 0.837. The lowest BCUT2D eigenvalue weighted by Crippen LogP contribution is -2.31. The van der Waals surface area contributed by atoms with Crippen molar-refractivity contribution in [1.82, 2.24) is 10.2 Å². The van der Waals surface area contributed by atoms with E-state index >= 15 is 0 Å². The van der Waals surface area contributed by atoms with Crippen LogP contribution in [0.3, 0.4) is 0 Å². The lowest BCUT2D eigenvalue weighted by Gasteiger charge is -2.28. The van der Waals surface area contributed by atoms with Crippen LogP contribution in [-0.2, 0) is 6.54 Å². The Morgan fingerprint density at radius 3 is 2.50 bits per heavy atom. The van der Waals surface area contributed by atoms with Crippen LogP contribution >= 0.6 is 34.8 Å². The van der Waals surface area contributed by atoms with E-state index in [9.17, 15) is 0 Å². The summed E-state index contributed by atoms with van der Waals surface area (Å²) in [5.41, 5.74) is 0.893. The van der Waals surface area contributed by atoms with Gasteiger partial charge in [-0.1, -0.05) is 34.8 Å². The molecule has 1 aliphatic heterocycles. The number of hydrogen-bond acceptors (Lipinski definition) is 2. The summed E-state index contributed by atoms with van der Waals surface area (Å²) >= 11 is 18.3. The molecule has 0 unspecified atom stereocenters. The van der Waals surface area contributed by atoms with Gasteiger partial charge in [-0.15, -0.1) is 0 Å². The highest BCUT2D eigenvalue weighted by Gasteiger charge is 2.16. The summed E-state index contributed by atoms with van der Waals surface area (Å²) in [6, 6.07) is 3.53. The van der Waals surface area contributed by atoms with Crippen LogP contribution in [0.4, 0.5) is 0 Å². The number of rotatable bonds is 5. The van der Waals surface area contributed by atoms with Gasteiger partial charge in [0.25, 0.3) is 0 Å². The van der Waals surface area contributed by atoms with Crippen LogP contribution in [0.1, 0.15) is 24.8 Å². The fraction of sp³-hybridized carbons (Fsp3) is 0.600. The molecule has 0 aliphatic carbocycles. The molecule has 1 aromatic carbocycles. The number of likely N-dealkylation sites (tertiary alicyclic amines) is 1. The zero-order chi connectivity index (χ0) is 14.5. The van der Waals surface area contributed by atoms with Crippen LogP contribution in [0.2, 0.25) is 15.1 Å². The highest BCUT2D eigenvalue weighted by Crippen LogP contribution is 2.31. The second-order valence-electron chi connectivity index (χ2n) is 5.53. The molecule has 20 heavy (non-hydrogen) atoms. The number of hydrogen-bond donors (Lipinski definition) is 1. The summed E-state index contributed by atoms with van der Waals surface area (Å²) in [6.45, 7) is 4.10. The first kappa shape index (κ1) is 16.4. The average Bonchev–Trinajstić information content (AvgIpc) is 2.44. The molecule has 2 nitrogen and oxygen atoms in total. The molecule has 0 aromatic heterocycles. The Labute approximate surface area is 136 Å². The number of piperidine rings is 1. The molecule has 1 N–H and O–H groups in total. The minimum absolute atomic E-state index is 0.559. The Kier molecular flexibility index (Phi) is 6.44. The quantitative estimate of drug-likeness (QED) is 0.631. The fourth-order valence-electron chi connectivity index (χ4n) is 2.60. The standard InChI is InChI=1S/C15H21Cl3N2/c1-20-8-5-11(6-9-20)4-7-19-10-12-13(16)2-3-14(17)15(12)18/h2-3,11,19H,4-10H2,1H3. The first-order valence-electron chi connectivity index (χ1n) is 7.09. The van der Waals surface area contributed by atoms with Crippen molar-refractivity contribution in [2.45, 2.75) is 25.8 Å². The van der Waals surface area contributed by atoms with Crippen molar-refractivity contribution in [2.75, 3.05) is 26.7 Å². The Balaban J connectivity index is 1.75. The molecule has 1 heterocycles. The molecule has 2 rings (SSSR count). The van der Waals surface area contributed by atoms with Gasteiger partial charge in [0.1, 0.15) is 0 Å². The zero-order valence-corrected chi connectivity index (χ0v) is 14.0. The molecule has 0 saturated carbocycles. The van der Waals surface area contributed by atoms with Gasteiger partial charge in [0, 0.05) is 17.1 Å². The third-order valence-electron chi connectivity index (χ3n) is 4.01. The SMILES string of the molecule is CN1CCC(CCNCc2c(Cl)ccc(Cl)c2Cl)CC1. The van der Waals surface area contributed by atoms with Crippen molar-refractivity contribution in [2.24, 2.45) is 5.92 Å². The fourth-order valence-corrected chi connectivity index (χ4v) is 3.28. The molecular formula is C15H21Cl3N2. The molecule has 1 aromatic rings. The predicted molar refractivity (Wildman–Crippen MR) is 88.0 cm³/mol. The smallest absolute Gasteiger partial charge is 0.0652 e. The lowest BCUT2D eigenvalue weighted by molar-refractivity contribution is 0.211. The van der Waals surface area contributed by atoms with Crippen molar-refractivity contribution in [1.29, 1.82) is 0 Å². The van der Waals surface area contributed by atoms with E-state index in [1.807, 2.05) is 0 Å². The molecule has 1 fully saturated rings. The number of nitrogens with zero attached hydrogens (tertiary/aromatic N) is 1. The normalized spacial score (nSPS) is 17.6. The van der Waals surface area contributed by atoms with E-state index in [-0.39, 0.29) is 0 Å². The number of benzene rings is 1. The zero-order valence-electron chi connectivity index (χ0n) is 11.8. The molecule has 0 atom stereocenters. The van der Waals surface area contributed by atoms with Gasteiger partial charge in [0.05, 0.1) is 10.0 Å². The number of nitrogens with one attached hydrogen (secondary N) is 1. The summed E-state index contributed by atoms with van der Waals surface area (Å²) in [4.78, 5) is 2.40. The molecular weight excluding hydrogens is 315 g/mol. The average molecular weight is 336 g/mol. The Bertz CT molecular complexity index is 443. The van der Waals surface area contributed by atoms with Crippen molar-refractivity contribution < 1.29 is 0 Å². The second kappa shape index (κ2) is 7.86. The second-order valence-corrected chi connectivity index (χ2v) is 6.73. The Morgan fingerprint density at radius 2 is 1.80 bits per heavy atom. The molecule has 112 valence electrons. The van der Waals surface area contributed by atoms with Gasteiger partial charge in [0.15, 0.2) is 0 Å². The molecule has 1 saturated heterocycles. The molecule has 0 amide bonds. The third kappa shape index (κ3) is 4.51. The topological polar surface area (TPSA) is 15.3 Å². The first-order valence-corrected chi connectivity index (χ1v) is 8.23. The largest absolute Gasteiger partial charge is 0.313 e. The van der Waals surface area contributed by atoms with E-state index in [0.717, 1.165) is 18.0 Å². The van der Waals surface area contributed by atoms with E-state index in [1.165, 1.54) is 32.4 Å². The maximum Gasteiger partial charge on any atom is 0.0652 e. The highest BCUT2D eigenvalue weighted by molar-refractivity contribution is 6.44. The van der Waals surface area contributed by atoms with Crippen LogP contribution < -0.4 is 5.32 Å². The van der Waals surface area contributed by atoms with Crippen LogP contribution in [0.25, 0.3) is 0 Å². The molecule has 5 heteroatoms. The monoisotopic (exact) mass is 334 g/mol. The molecule has 0 spiro atoms. The molecule has 0 radical (unpaired) electrons. The van der Waals surface area contributed by atoms with Gasteiger partial charge < -0.3 is 10.2 Å². The third-order valence-corrected chi connectivity index (χ3v) is 5.21. The van der Waals surface area contributed by atoms with Crippen molar-refractivity contribution >= 4 is 34.8 Å². The van der Waals surface area contributed by atoms with Gasteiger partial charge in [0.2, 0.25) is 0 Å². The first-order chi connectivity index (χ1) is 9.58. The van der Waals surface area contributed by atoms with E-state index < -0.39 is 0 Å². The minimum Gasteiger partial charge on any atom is -0.313 e. The van der Waals surface area contributed by atoms with Gasteiger partial charge in [-0.3, -0.25) is 0 Å². The molecule has 1 aliphatic rings. The van der Waals surface area contributed by atoms with Gasteiger partial charge >= 0.3 is 0 Å². The van der Waals surface area contributed by atoms with Crippen molar-refractivity contribution in [3.05, 3.63) is 32.8 Å². The highest BCUT2D eigenvalue weighted by atomic mass is 35.5. The van der Waals surface area contributed by atoms with E-state index in [0.29, 0.717) is 21.6 Å². The Hall–Kier alpha value is 0.01000. The summed E-state index contributed by atoms with van der Waals surface area (Å²) in [6.07, 6.45) is 3.82. The summed E-state index contributed by atoms with van der Waals surface area (Å²) in [7, 11) is 2.19. The molecule has 0 bridgehead atoms. The van der Waals surface area contributed by atoms with E-state index in [4.69, 9.17) is 34.8 Å². The van der Waals surface area contributed by atoms with Crippen molar-refractivity contribution in [3.63, 3.8) is 0 Å².